The molecule has 0 aromatic heterocycles. The molecule has 4 heteroatoms. The molecule has 0 amide bonds. The summed E-state index contributed by atoms with van der Waals surface area (Å²) in [7, 11) is 0. The summed E-state index contributed by atoms with van der Waals surface area (Å²) in [5.74, 6) is 0.800. The lowest BCUT2D eigenvalue weighted by Crippen LogP contribution is -2.46. The van der Waals surface area contributed by atoms with Crippen molar-refractivity contribution < 1.29 is 14.6 Å². The smallest absolute Gasteiger partial charge is 0.137 e. The van der Waals surface area contributed by atoms with E-state index in [0.29, 0.717) is 13.2 Å². The zero-order valence-corrected chi connectivity index (χ0v) is 11.0. The third-order valence-corrected chi connectivity index (χ3v) is 3.15. The Bertz CT molecular complexity index is 386. The van der Waals surface area contributed by atoms with Crippen LogP contribution in [0.5, 0.6) is 5.75 Å². The molecular formula is C12H15BrO3. The quantitative estimate of drug-likeness (QED) is 0.928. The van der Waals surface area contributed by atoms with Gasteiger partial charge in [-0.25, -0.2) is 0 Å². The van der Waals surface area contributed by atoms with Crippen LogP contribution >= 0.6 is 15.9 Å². The van der Waals surface area contributed by atoms with Crippen molar-refractivity contribution in [2.75, 3.05) is 13.2 Å². The van der Waals surface area contributed by atoms with E-state index in [1.54, 1.807) is 0 Å². The van der Waals surface area contributed by atoms with Gasteiger partial charge in [-0.05, 0) is 26.0 Å². The van der Waals surface area contributed by atoms with Gasteiger partial charge in [-0.15, -0.1) is 0 Å². The summed E-state index contributed by atoms with van der Waals surface area (Å²) in [6.45, 7) is 4.68. The maximum atomic E-state index is 10.1. The van der Waals surface area contributed by atoms with Crippen LogP contribution in [0.25, 0.3) is 0 Å². The number of hydrogen-bond acceptors (Lipinski definition) is 3. The standard InChI is InChI=1S/C12H15BrO3/c1-8(2)16-9-3-4-10(11(13)5-9)12(14)6-15-7-12/h3-5,8,14H,6-7H2,1-2H3. The van der Waals surface area contributed by atoms with E-state index in [1.165, 1.54) is 0 Å². The van der Waals surface area contributed by atoms with E-state index in [-0.39, 0.29) is 6.10 Å². The van der Waals surface area contributed by atoms with Crippen molar-refractivity contribution in [1.82, 2.24) is 0 Å². The topological polar surface area (TPSA) is 38.7 Å². The summed E-state index contributed by atoms with van der Waals surface area (Å²) < 4.78 is 11.5. The number of aliphatic hydroxyl groups is 1. The van der Waals surface area contributed by atoms with E-state index in [2.05, 4.69) is 15.9 Å². The molecule has 2 rings (SSSR count). The summed E-state index contributed by atoms with van der Waals surface area (Å²) in [6, 6.07) is 5.63. The van der Waals surface area contributed by atoms with Crippen molar-refractivity contribution >= 4 is 15.9 Å². The van der Waals surface area contributed by atoms with E-state index in [1.807, 2.05) is 32.0 Å². The van der Waals surface area contributed by atoms with E-state index >= 15 is 0 Å². The number of rotatable bonds is 3. The van der Waals surface area contributed by atoms with E-state index in [4.69, 9.17) is 9.47 Å². The maximum absolute atomic E-state index is 10.1. The SMILES string of the molecule is CC(C)Oc1ccc(C2(O)COC2)c(Br)c1. The fourth-order valence-corrected chi connectivity index (χ4v) is 2.40. The van der Waals surface area contributed by atoms with Crippen LogP contribution in [-0.4, -0.2) is 24.4 Å². The van der Waals surface area contributed by atoms with Crippen LogP contribution in [0.1, 0.15) is 19.4 Å². The summed E-state index contributed by atoms with van der Waals surface area (Å²) in [6.07, 6.45) is 0.146. The van der Waals surface area contributed by atoms with Crippen molar-refractivity contribution in [2.45, 2.75) is 25.6 Å². The minimum atomic E-state index is -0.838. The molecule has 1 aliphatic heterocycles. The molecule has 0 bridgehead atoms. The van der Waals surface area contributed by atoms with Crippen LogP contribution in [0.2, 0.25) is 0 Å². The molecule has 0 aliphatic carbocycles. The summed E-state index contributed by atoms with van der Waals surface area (Å²) in [4.78, 5) is 0. The third kappa shape index (κ3) is 2.24. The highest BCUT2D eigenvalue weighted by molar-refractivity contribution is 9.10. The van der Waals surface area contributed by atoms with Crippen LogP contribution in [0.3, 0.4) is 0 Å². The van der Waals surface area contributed by atoms with Gasteiger partial charge in [-0.3, -0.25) is 0 Å². The Morgan fingerprint density at radius 3 is 2.56 bits per heavy atom. The van der Waals surface area contributed by atoms with E-state index in [0.717, 1.165) is 15.8 Å². The minimum Gasteiger partial charge on any atom is -0.491 e. The Morgan fingerprint density at radius 2 is 2.12 bits per heavy atom. The van der Waals surface area contributed by atoms with Crippen LogP contribution in [-0.2, 0) is 10.3 Å². The average molecular weight is 287 g/mol. The van der Waals surface area contributed by atoms with Crippen molar-refractivity contribution in [2.24, 2.45) is 0 Å². The van der Waals surface area contributed by atoms with Crippen LogP contribution in [0, 0.1) is 0 Å². The zero-order chi connectivity index (χ0) is 11.8. The second kappa shape index (κ2) is 4.35. The first-order chi connectivity index (χ1) is 7.51. The van der Waals surface area contributed by atoms with Gasteiger partial charge in [0.1, 0.15) is 11.4 Å². The highest BCUT2D eigenvalue weighted by Crippen LogP contribution is 2.36. The number of halogens is 1. The molecule has 1 N–H and O–H groups in total. The van der Waals surface area contributed by atoms with Gasteiger partial charge in [-0.1, -0.05) is 22.0 Å². The lowest BCUT2D eigenvalue weighted by atomic mass is 9.92. The first-order valence-electron chi connectivity index (χ1n) is 5.28. The molecule has 0 unspecified atom stereocenters. The predicted octanol–water partition coefficient (Wildman–Crippen LogP) is 2.45. The largest absolute Gasteiger partial charge is 0.491 e. The lowest BCUT2D eigenvalue weighted by Gasteiger charge is -2.37. The zero-order valence-electron chi connectivity index (χ0n) is 9.37. The van der Waals surface area contributed by atoms with Gasteiger partial charge in [0, 0.05) is 10.0 Å². The Labute approximate surface area is 104 Å². The molecule has 1 fully saturated rings. The van der Waals surface area contributed by atoms with Crippen LogP contribution in [0.15, 0.2) is 22.7 Å². The minimum absolute atomic E-state index is 0.146. The molecule has 0 saturated carbocycles. The number of benzene rings is 1. The Hall–Kier alpha value is -0.580. The third-order valence-electron chi connectivity index (χ3n) is 2.50. The molecule has 1 aliphatic rings. The monoisotopic (exact) mass is 286 g/mol. The Kier molecular flexibility index (Phi) is 3.24. The number of hydrogen-bond donors (Lipinski definition) is 1. The molecule has 1 aromatic carbocycles. The summed E-state index contributed by atoms with van der Waals surface area (Å²) in [5, 5.41) is 10.1. The molecule has 1 heterocycles. The molecule has 88 valence electrons. The molecule has 3 nitrogen and oxygen atoms in total. The van der Waals surface area contributed by atoms with E-state index in [9.17, 15) is 5.11 Å². The first-order valence-corrected chi connectivity index (χ1v) is 6.07. The summed E-state index contributed by atoms with van der Waals surface area (Å²) >= 11 is 3.45. The molecule has 1 aromatic rings. The van der Waals surface area contributed by atoms with Gasteiger partial charge >= 0.3 is 0 Å². The second-order valence-corrected chi connectivity index (χ2v) is 5.19. The summed E-state index contributed by atoms with van der Waals surface area (Å²) in [5.41, 5.74) is 0.0182. The molecule has 0 radical (unpaired) electrons. The predicted molar refractivity (Wildman–Crippen MR) is 64.6 cm³/mol. The molecular weight excluding hydrogens is 272 g/mol. The highest BCUT2D eigenvalue weighted by atomic mass is 79.9. The molecule has 0 spiro atoms. The number of ether oxygens (including phenoxy) is 2. The fourth-order valence-electron chi connectivity index (χ4n) is 1.67. The van der Waals surface area contributed by atoms with Crippen LogP contribution < -0.4 is 4.74 Å². The Balaban J connectivity index is 2.23. The first kappa shape index (κ1) is 11.9. The Morgan fingerprint density at radius 1 is 1.44 bits per heavy atom. The fraction of sp³-hybridized carbons (Fsp3) is 0.500. The van der Waals surface area contributed by atoms with E-state index < -0.39 is 5.60 Å². The van der Waals surface area contributed by atoms with Gasteiger partial charge in [0.05, 0.1) is 19.3 Å². The van der Waals surface area contributed by atoms with Gasteiger partial charge < -0.3 is 14.6 Å². The van der Waals surface area contributed by atoms with Gasteiger partial charge in [0.15, 0.2) is 0 Å². The van der Waals surface area contributed by atoms with Crippen LogP contribution in [0.4, 0.5) is 0 Å². The molecule has 1 saturated heterocycles. The molecule has 16 heavy (non-hydrogen) atoms. The molecule has 0 atom stereocenters. The second-order valence-electron chi connectivity index (χ2n) is 4.33. The van der Waals surface area contributed by atoms with Crippen molar-refractivity contribution in [3.8, 4) is 5.75 Å². The van der Waals surface area contributed by atoms with Gasteiger partial charge in [0.25, 0.3) is 0 Å². The van der Waals surface area contributed by atoms with Gasteiger partial charge in [-0.2, -0.15) is 0 Å². The lowest BCUT2D eigenvalue weighted by molar-refractivity contribution is -0.185. The van der Waals surface area contributed by atoms with Crippen molar-refractivity contribution in [1.29, 1.82) is 0 Å². The van der Waals surface area contributed by atoms with Crippen molar-refractivity contribution in [3.63, 3.8) is 0 Å². The highest BCUT2D eigenvalue weighted by Gasteiger charge is 2.39. The average Bonchev–Trinajstić information content (AvgIpc) is 2.13. The van der Waals surface area contributed by atoms with Gasteiger partial charge in [0.2, 0.25) is 0 Å². The maximum Gasteiger partial charge on any atom is 0.137 e. The van der Waals surface area contributed by atoms with Crippen molar-refractivity contribution in [3.05, 3.63) is 28.2 Å². The normalized spacial score (nSPS) is 18.3.